The van der Waals surface area contributed by atoms with E-state index in [2.05, 4.69) is 17.0 Å². The monoisotopic (exact) mass is 410 g/mol. The molecule has 4 rings (SSSR count). The third kappa shape index (κ3) is 3.56. The lowest BCUT2D eigenvalue weighted by Gasteiger charge is -2.31. The van der Waals surface area contributed by atoms with E-state index in [-0.39, 0.29) is 17.3 Å². The fourth-order valence-electron chi connectivity index (χ4n) is 4.37. The minimum Gasteiger partial charge on any atom is -0.341 e. The number of nitrogens with two attached hydrogens (primary N) is 1. The first-order valence-electron chi connectivity index (χ1n) is 10.8. The smallest absolute Gasteiger partial charge is 0.332 e. The molecule has 30 heavy (non-hydrogen) atoms. The molecule has 0 radical (unpaired) electrons. The summed E-state index contributed by atoms with van der Waals surface area (Å²) in [4.78, 5) is 33.1. The summed E-state index contributed by atoms with van der Waals surface area (Å²) in [6, 6.07) is 10.3. The van der Waals surface area contributed by atoms with Crippen LogP contribution in [0.5, 0.6) is 0 Å². The van der Waals surface area contributed by atoms with Crippen molar-refractivity contribution in [3.8, 4) is 0 Å². The van der Waals surface area contributed by atoms with Crippen molar-refractivity contribution in [3.63, 3.8) is 0 Å². The van der Waals surface area contributed by atoms with Crippen LogP contribution in [0, 0.1) is 0 Å². The largest absolute Gasteiger partial charge is 0.341 e. The Labute approximate surface area is 175 Å². The molecule has 3 aromatic rings. The van der Waals surface area contributed by atoms with E-state index in [0.29, 0.717) is 37.3 Å². The van der Waals surface area contributed by atoms with Gasteiger partial charge in [-0.05, 0) is 38.7 Å². The van der Waals surface area contributed by atoms with Gasteiger partial charge in [0.2, 0.25) is 5.95 Å². The van der Waals surface area contributed by atoms with Crippen LogP contribution in [0.2, 0.25) is 0 Å². The molecule has 1 unspecified atom stereocenters. The number of hydrogen-bond acceptors (Lipinski definition) is 5. The lowest BCUT2D eigenvalue weighted by Crippen LogP contribution is -2.44. The first kappa shape index (κ1) is 20.4. The van der Waals surface area contributed by atoms with Crippen molar-refractivity contribution < 1.29 is 0 Å². The first-order chi connectivity index (χ1) is 14.5. The van der Waals surface area contributed by atoms with Gasteiger partial charge in [-0.25, -0.2) is 4.79 Å². The highest BCUT2D eigenvalue weighted by Gasteiger charge is 2.26. The van der Waals surface area contributed by atoms with Crippen LogP contribution in [0.3, 0.4) is 0 Å². The molecule has 1 fully saturated rings. The molecule has 3 heterocycles. The molecule has 8 heteroatoms. The van der Waals surface area contributed by atoms with E-state index in [1.807, 2.05) is 36.6 Å². The molecule has 1 aliphatic rings. The third-order valence-corrected chi connectivity index (χ3v) is 5.93. The summed E-state index contributed by atoms with van der Waals surface area (Å²) in [6.45, 7) is 6.69. The standard InChI is InChI=1S/C22H30N6O2/c1-3-26-19-18(20(29)27(4-2)22(26)30)28(14-12-16-9-6-5-7-10-16)21(24-19)25-13-8-11-17(23)15-25/h5-7,9-10,17H,3-4,8,11-15,23H2,1-2H3. The second-order valence-electron chi connectivity index (χ2n) is 7.90. The van der Waals surface area contributed by atoms with Crippen LogP contribution < -0.4 is 21.9 Å². The number of imidazole rings is 1. The Morgan fingerprint density at radius 3 is 2.47 bits per heavy atom. The maximum Gasteiger partial charge on any atom is 0.332 e. The molecule has 160 valence electrons. The lowest BCUT2D eigenvalue weighted by molar-refractivity contribution is 0.493. The Morgan fingerprint density at radius 1 is 1.07 bits per heavy atom. The van der Waals surface area contributed by atoms with Gasteiger partial charge in [0.15, 0.2) is 11.2 Å². The zero-order chi connectivity index (χ0) is 21.3. The first-order valence-corrected chi connectivity index (χ1v) is 10.8. The number of fused-ring (bicyclic) bond motifs is 1. The zero-order valence-corrected chi connectivity index (χ0v) is 17.8. The van der Waals surface area contributed by atoms with Crippen LogP contribution in [-0.2, 0) is 26.1 Å². The van der Waals surface area contributed by atoms with Crippen molar-refractivity contribution in [2.45, 2.75) is 58.8 Å². The number of rotatable bonds is 6. The highest BCUT2D eigenvalue weighted by atomic mass is 16.2. The maximum absolute atomic E-state index is 13.3. The predicted molar refractivity (Wildman–Crippen MR) is 119 cm³/mol. The molecule has 1 aliphatic heterocycles. The zero-order valence-electron chi connectivity index (χ0n) is 17.8. The van der Waals surface area contributed by atoms with Crippen LogP contribution in [0.25, 0.3) is 11.2 Å². The predicted octanol–water partition coefficient (Wildman–Crippen LogP) is 1.57. The number of nitrogens with zero attached hydrogens (tertiary/aromatic N) is 5. The Balaban J connectivity index is 1.91. The van der Waals surface area contributed by atoms with E-state index < -0.39 is 0 Å². The number of aryl methyl sites for hydroxylation is 3. The van der Waals surface area contributed by atoms with Crippen LogP contribution in [0.4, 0.5) is 5.95 Å². The number of aromatic nitrogens is 4. The summed E-state index contributed by atoms with van der Waals surface area (Å²) in [5.41, 5.74) is 7.83. The highest BCUT2D eigenvalue weighted by Crippen LogP contribution is 2.23. The van der Waals surface area contributed by atoms with Crippen LogP contribution in [-0.4, -0.2) is 37.8 Å². The molecular weight excluding hydrogens is 380 g/mol. The van der Waals surface area contributed by atoms with Gasteiger partial charge < -0.3 is 15.2 Å². The second kappa shape index (κ2) is 8.47. The van der Waals surface area contributed by atoms with E-state index in [1.54, 1.807) is 4.57 Å². The van der Waals surface area contributed by atoms with Gasteiger partial charge >= 0.3 is 5.69 Å². The van der Waals surface area contributed by atoms with Gasteiger partial charge in [0, 0.05) is 38.8 Å². The van der Waals surface area contributed by atoms with Gasteiger partial charge in [0.25, 0.3) is 5.56 Å². The van der Waals surface area contributed by atoms with Crippen LogP contribution in [0.1, 0.15) is 32.3 Å². The minimum atomic E-state index is -0.299. The van der Waals surface area contributed by atoms with Crippen LogP contribution >= 0.6 is 0 Å². The van der Waals surface area contributed by atoms with Gasteiger partial charge in [-0.1, -0.05) is 30.3 Å². The molecule has 0 bridgehead atoms. The quantitative estimate of drug-likeness (QED) is 0.666. The van der Waals surface area contributed by atoms with Gasteiger partial charge in [-0.15, -0.1) is 0 Å². The molecule has 1 atom stereocenters. The van der Waals surface area contributed by atoms with E-state index in [9.17, 15) is 9.59 Å². The molecule has 0 amide bonds. The fourth-order valence-corrected chi connectivity index (χ4v) is 4.37. The average molecular weight is 411 g/mol. The Morgan fingerprint density at radius 2 is 1.80 bits per heavy atom. The molecule has 8 nitrogen and oxygen atoms in total. The van der Waals surface area contributed by atoms with E-state index in [1.165, 1.54) is 10.1 Å². The average Bonchev–Trinajstić information content (AvgIpc) is 3.13. The molecule has 0 aliphatic carbocycles. The topological polar surface area (TPSA) is 91.1 Å². The van der Waals surface area contributed by atoms with E-state index in [4.69, 9.17) is 10.7 Å². The summed E-state index contributed by atoms with van der Waals surface area (Å²) in [5, 5.41) is 0. The Bertz CT molecular complexity index is 1140. The van der Waals surface area contributed by atoms with Gasteiger partial charge in [-0.3, -0.25) is 13.9 Å². The summed E-state index contributed by atoms with van der Waals surface area (Å²) < 4.78 is 4.91. The van der Waals surface area contributed by atoms with Gasteiger partial charge in [0.05, 0.1) is 0 Å². The van der Waals surface area contributed by atoms with Crippen molar-refractivity contribution in [1.82, 2.24) is 18.7 Å². The number of hydrogen-bond donors (Lipinski definition) is 1. The number of anilines is 1. The van der Waals surface area contributed by atoms with Crippen molar-refractivity contribution in [2.24, 2.45) is 5.73 Å². The van der Waals surface area contributed by atoms with Crippen molar-refractivity contribution in [1.29, 1.82) is 0 Å². The molecule has 0 spiro atoms. The molecule has 1 aromatic carbocycles. The molecule has 0 saturated carbocycles. The SMILES string of the molecule is CCn1c(=O)c2c(nc(N3CCCC(N)C3)n2CCc2ccccc2)n(CC)c1=O. The van der Waals surface area contributed by atoms with E-state index >= 15 is 0 Å². The summed E-state index contributed by atoms with van der Waals surface area (Å²) >= 11 is 0. The normalized spacial score (nSPS) is 17.0. The Kier molecular flexibility index (Phi) is 5.76. The lowest BCUT2D eigenvalue weighted by atomic mass is 10.1. The molecular formula is C22H30N6O2. The summed E-state index contributed by atoms with van der Waals surface area (Å²) in [7, 11) is 0. The number of piperidine rings is 1. The van der Waals surface area contributed by atoms with Crippen molar-refractivity contribution >= 4 is 17.1 Å². The van der Waals surface area contributed by atoms with Gasteiger partial charge in [-0.2, -0.15) is 4.98 Å². The Hall–Kier alpha value is -2.87. The maximum atomic E-state index is 13.3. The summed E-state index contributed by atoms with van der Waals surface area (Å²) in [6.07, 6.45) is 2.75. The fraction of sp³-hybridized carbons (Fsp3) is 0.500. The molecule has 2 aromatic heterocycles. The van der Waals surface area contributed by atoms with Crippen LogP contribution in [0.15, 0.2) is 39.9 Å². The van der Waals surface area contributed by atoms with Gasteiger partial charge in [0.1, 0.15) is 0 Å². The van der Waals surface area contributed by atoms with E-state index in [0.717, 1.165) is 31.8 Å². The molecule has 2 N–H and O–H groups in total. The third-order valence-electron chi connectivity index (χ3n) is 5.93. The highest BCUT2D eigenvalue weighted by molar-refractivity contribution is 5.74. The minimum absolute atomic E-state index is 0.0850. The summed E-state index contributed by atoms with van der Waals surface area (Å²) in [5.74, 6) is 0.739. The van der Waals surface area contributed by atoms with Crippen molar-refractivity contribution in [3.05, 3.63) is 56.7 Å². The molecule has 1 saturated heterocycles. The van der Waals surface area contributed by atoms with Crippen molar-refractivity contribution in [2.75, 3.05) is 18.0 Å². The number of benzene rings is 1. The second-order valence-corrected chi connectivity index (χ2v) is 7.90.